The maximum atomic E-state index is 11.2. The van der Waals surface area contributed by atoms with E-state index in [0.717, 1.165) is 0 Å². The van der Waals surface area contributed by atoms with Gasteiger partial charge in [0, 0.05) is 13.1 Å². The number of urea groups is 1. The maximum Gasteiger partial charge on any atom is 0.314 e. The van der Waals surface area contributed by atoms with E-state index in [1.807, 2.05) is 0 Å². The number of amides is 2. The van der Waals surface area contributed by atoms with Gasteiger partial charge in [0.2, 0.25) is 0 Å². The standard InChI is InChI=1S/C10H18N2O3/c1-2-8(9(13)14)6-12-10(15)11-5-7-3-4-7/h7-8H,2-6H2,1H3,(H,13,14)(H2,11,12,15). The second-order valence-corrected chi connectivity index (χ2v) is 3.98. The van der Waals surface area contributed by atoms with E-state index >= 15 is 0 Å². The van der Waals surface area contributed by atoms with Crippen LogP contribution in [0.25, 0.3) is 0 Å². The summed E-state index contributed by atoms with van der Waals surface area (Å²) in [6.45, 7) is 2.70. The van der Waals surface area contributed by atoms with Crippen molar-refractivity contribution in [1.82, 2.24) is 10.6 Å². The molecule has 0 radical (unpaired) electrons. The Balaban J connectivity index is 2.10. The van der Waals surface area contributed by atoms with Crippen LogP contribution in [0.4, 0.5) is 4.79 Å². The third kappa shape index (κ3) is 4.67. The molecule has 0 aromatic heterocycles. The lowest BCUT2D eigenvalue weighted by molar-refractivity contribution is -0.141. The molecule has 86 valence electrons. The fourth-order valence-electron chi connectivity index (χ4n) is 1.24. The van der Waals surface area contributed by atoms with Crippen LogP contribution in [-0.2, 0) is 4.79 Å². The van der Waals surface area contributed by atoms with Gasteiger partial charge >= 0.3 is 12.0 Å². The Morgan fingerprint density at radius 3 is 2.53 bits per heavy atom. The van der Waals surface area contributed by atoms with Crippen molar-refractivity contribution in [2.24, 2.45) is 11.8 Å². The maximum absolute atomic E-state index is 11.2. The summed E-state index contributed by atoms with van der Waals surface area (Å²) in [4.78, 5) is 21.9. The molecule has 5 heteroatoms. The molecule has 1 saturated carbocycles. The van der Waals surface area contributed by atoms with Gasteiger partial charge in [-0.3, -0.25) is 4.79 Å². The SMILES string of the molecule is CCC(CNC(=O)NCC1CC1)C(=O)O. The molecule has 1 unspecified atom stereocenters. The minimum absolute atomic E-state index is 0.197. The topological polar surface area (TPSA) is 78.4 Å². The number of nitrogens with one attached hydrogen (secondary N) is 2. The van der Waals surface area contributed by atoms with Crippen LogP contribution in [0, 0.1) is 11.8 Å². The van der Waals surface area contributed by atoms with Gasteiger partial charge in [-0.05, 0) is 25.2 Å². The van der Waals surface area contributed by atoms with Gasteiger partial charge < -0.3 is 15.7 Å². The third-order valence-electron chi connectivity index (χ3n) is 2.60. The smallest absolute Gasteiger partial charge is 0.314 e. The molecule has 0 aliphatic heterocycles. The quantitative estimate of drug-likeness (QED) is 0.612. The van der Waals surface area contributed by atoms with Crippen LogP contribution < -0.4 is 10.6 Å². The lowest BCUT2D eigenvalue weighted by atomic mass is 10.1. The first-order chi connectivity index (χ1) is 7.13. The van der Waals surface area contributed by atoms with Crippen LogP contribution in [0.2, 0.25) is 0 Å². The van der Waals surface area contributed by atoms with E-state index in [1.165, 1.54) is 12.8 Å². The molecule has 0 bridgehead atoms. The van der Waals surface area contributed by atoms with Crippen molar-refractivity contribution in [3.05, 3.63) is 0 Å². The first-order valence-electron chi connectivity index (χ1n) is 5.38. The first kappa shape index (κ1) is 11.8. The number of aliphatic carboxylic acids is 1. The van der Waals surface area contributed by atoms with Crippen molar-refractivity contribution in [3.8, 4) is 0 Å². The zero-order chi connectivity index (χ0) is 11.3. The average molecular weight is 214 g/mol. The highest BCUT2D eigenvalue weighted by Gasteiger charge is 2.22. The van der Waals surface area contributed by atoms with Gasteiger partial charge in [-0.15, -0.1) is 0 Å². The minimum atomic E-state index is -0.861. The van der Waals surface area contributed by atoms with Gasteiger partial charge in [-0.2, -0.15) is 0 Å². The van der Waals surface area contributed by atoms with E-state index in [9.17, 15) is 9.59 Å². The summed E-state index contributed by atoms with van der Waals surface area (Å²) in [6.07, 6.45) is 2.90. The summed E-state index contributed by atoms with van der Waals surface area (Å²) in [5, 5.41) is 14.0. The number of carbonyl (C=O) groups excluding carboxylic acids is 1. The molecule has 0 aromatic carbocycles. The lowest BCUT2D eigenvalue weighted by Gasteiger charge is -2.11. The Labute approximate surface area is 89.2 Å². The molecular weight excluding hydrogens is 196 g/mol. The van der Waals surface area contributed by atoms with Crippen LogP contribution in [0.1, 0.15) is 26.2 Å². The summed E-state index contributed by atoms with van der Waals surface area (Å²) in [5.41, 5.74) is 0. The lowest BCUT2D eigenvalue weighted by Crippen LogP contribution is -2.40. The van der Waals surface area contributed by atoms with Gasteiger partial charge in [0.1, 0.15) is 0 Å². The number of carbonyl (C=O) groups is 2. The van der Waals surface area contributed by atoms with Gasteiger partial charge in [0.05, 0.1) is 5.92 Å². The van der Waals surface area contributed by atoms with Crippen molar-refractivity contribution in [2.45, 2.75) is 26.2 Å². The molecule has 0 aromatic rings. The molecule has 1 fully saturated rings. The van der Waals surface area contributed by atoms with E-state index < -0.39 is 11.9 Å². The zero-order valence-electron chi connectivity index (χ0n) is 8.95. The Morgan fingerprint density at radius 1 is 1.40 bits per heavy atom. The highest BCUT2D eigenvalue weighted by atomic mass is 16.4. The van der Waals surface area contributed by atoms with Gasteiger partial charge in [-0.1, -0.05) is 6.92 Å². The summed E-state index contributed by atoms with van der Waals surface area (Å²) >= 11 is 0. The molecule has 5 nitrogen and oxygen atoms in total. The minimum Gasteiger partial charge on any atom is -0.481 e. The van der Waals surface area contributed by atoms with Gasteiger partial charge in [0.15, 0.2) is 0 Å². The Kier molecular flexibility index (Phi) is 4.39. The molecule has 1 rings (SSSR count). The number of rotatable bonds is 6. The molecule has 3 N–H and O–H groups in total. The zero-order valence-corrected chi connectivity index (χ0v) is 8.95. The average Bonchev–Trinajstić information content (AvgIpc) is 2.98. The molecule has 15 heavy (non-hydrogen) atoms. The van der Waals surface area contributed by atoms with Crippen molar-refractivity contribution in [2.75, 3.05) is 13.1 Å². The highest BCUT2D eigenvalue weighted by molar-refractivity contribution is 5.75. The van der Waals surface area contributed by atoms with Crippen LogP contribution >= 0.6 is 0 Å². The Hall–Kier alpha value is -1.26. The molecule has 0 saturated heterocycles. The van der Waals surface area contributed by atoms with Crippen molar-refractivity contribution < 1.29 is 14.7 Å². The molecule has 1 atom stereocenters. The predicted octanol–water partition coefficient (Wildman–Crippen LogP) is 0.806. The van der Waals surface area contributed by atoms with Crippen LogP contribution in [0.15, 0.2) is 0 Å². The second kappa shape index (κ2) is 5.58. The Bertz CT molecular complexity index is 239. The van der Waals surface area contributed by atoms with Crippen molar-refractivity contribution in [3.63, 3.8) is 0 Å². The number of carboxylic acids is 1. The van der Waals surface area contributed by atoms with Crippen LogP contribution in [0.5, 0.6) is 0 Å². The van der Waals surface area contributed by atoms with Crippen LogP contribution in [0.3, 0.4) is 0 Å². The second-order valence-electron chi connectivity index (χ2n) is 3.98. The van der Waals surface area contributed by atoms with Gasteiger partial charge in [0.25, 0.3) is 0 Å². The van der Waals surface area contributed by atoms with E-state index in [4.69, 9.17) is 5.11 Å². The van der Waals surface area contributed by atoms with E-state index in [0.29, 0.717) is 18.9 Å². The molecule has 1 aliphatic rings. The normalized spacial score (nSPS) is 16.9. The summed E-state index contributed by atoms with van der Waals surface area (Å²) in [6, 6.07) is -0.262. The summed E-state index contributed by atoms with van der Waals surface area (Å²) in [5.74, 6) is -0.714. The largest absolute Gasteiger partial charge is 0.481 e. The number of hydrogen-bond acceptors (Lipinski definition) is 2. The fraction of sp³-hybridized carbons (Fsp3) is 0.800. The summed E-state index contributed by atoms with van der Waals surface area (Å²) in [7, 11) is 0. The van der Waals surface area contributed by atoms with Gasteiger partial charge in [-0.25, -0.2) is 4.79 Å². The molecular formula is C10H18N2O3. The highest BCUT2D eigenvalue weighted by Crippen LogP contribution is 2.27. The van der Waals surface area contributed by atoms with Crippen molar-refractivity contribution >= 4 is 12.0 Å². The van der Waals surface area contributed by atoms with Crippen molar-refractivity contribution in [1.29, 1.82) is 0 Å². The Morgan fingerprint density at radius 2 is 2.07 bits per heavy atom. The number of hydrogen-bond donors (Lipinski definition) is 3. The predicted molar refractivity (Wildman–Crippen MR) is 55.5 cm³/mol. The fourth-order valence-corrected chi connectivity index (χ4v) is 1.24. The van der Waals surface area contributed by atoms with Crippen LogP contribution in [-0.4, -0.2) is 30.2 Å². The van der Waals surface area contributed by atoms with E-state index in [2.05, 4.69) is 10.6 Å². The third-order valence-corrected chi connectivity index (χ3v) is 2.60. The molecule has 1 aliphatic carbocycles. The molecule has 0 spiro atoms. The monoisotopic (exact) mass is 214 g/mol. The van der Waals surface area contributed by atoms with E-state index in [-0.39, 0.29) is 12.6 Å². The first-order valence-corrected chi connectivity index (χ1v) is 5.38. The molecule has 0 heterocycles. The van der Waals surface area contributed by atoms with E-state index in [1.54, 1.807) is 6.92 Å². The molecule has 2 amide bonds. The number of carboxylic acid groups (broad SMARTS) is 1. The summed E-state index contributed by atoms with van der Waals surface area (Å²) < 4.78 is 0.